The number of hydrogen-bond acceptors (Lipinski definition) is 7. The van der Waals surface area contributed by atoms with E-state index in [-0.39, 0.29) is 42.1 Å². The lowest BCUT2D eigenvalue weighted by Gasteiger charge is -2.38. The molecule has 0 spiro atoms. The average Bonchev–Trinajstić information content (AvgIpc) is 2.79. The van der Waals surface area contributed by atoms with Gasteiger partial charge in [0.1, 0.15) is 6.10 Å². The normalized spacial score (nSPS) is 19.1. The molecule has 208 valence electrons. The molecule has 36 heavy (non-hydrogen) atoms. The molecule has 1 aliphatic rings. The third-order valence-corrected chi connectivity index (χ3v) is 6.09. The maximum absolute atomic E-state index is 13.2. The molecule has 0 bridgehead atoms. The monoisotopic (exact) mass is 514 g/mol. The summed E-state index contributed by atoms with van der Waals surface area (Å²) in [5.74, 6) is -1.86. The number of carboxylic acid groups (broad SMARTS) is 1. The van der Waals surface area contributed by atoms with Crippen molar-refractivity contribution in [1.82, 2.24) is 10.2 Å². The second-order valence-corrected chi connectivity index (χ2v) is 10.8. The number of amides is 2. The van der Waals surface area contributed by atoms with Gasteiger partial charge in [-0.15, -0.1) is 0 Å². The van der Waals surface area contributed by atoms with Crippen LogP contribution in [0.5, 0.6) is 0 Å². The Labute approximate surface area is 215 Å². The number of carbonyl (C=O) groups excluding carboxylic acids is 2. The second-order valence-electron chi connectivity index (χ2n) is 10.8. The van der Waals surface area contributed by atoms with Gasteiger partial charge in [0.15, 0.2) is 6.10 Å². The fourth-order valence-corrected chi connectivity index (χ4v) is 4.07. The summed E-state index contributed by atoms with van der Waals surface area (Å²) in [4.78, 5) is 37.9. The number of carboxylic acids is 1. The molecule has 0 fully saturated rings. The Morgan fingerprint density at radius 1 is 1.25 bits per heavy atom. The average molecular weight is 515 g/mol. The zero-order valence-corrected chi connectivity index (χ0v) is 23.0. The van der Waals surface area contributed by atoms with Gasteiger partial charge in [0, 0.05) is 38.5 Å². The number of ether oxygens (including phenoxy) is 3. The van der Waals surface area contributed by atoms with Crippen LogP contribution in [-0.2, 0) is 23.8 Å². The van der Waals surface area contributed by atoms with Crippen LogP contribution in [0.1, 0.15) is 80.6 Å². The minimum absolute atomic E-state index is 0.0229. The van der Waals surface area contributed by atoms with Crippen LogP contribution in [0.3, 0.4) is 0 Å². The van der Waals surface area contributed by atoms with Crippen molar-refractivity contribution in [1.29, 1.82) is 0 Å². The molecule has 0 aromatic rings. The second kappa shape index (κ2) is 14.4. The zero-order chi connectivity index (χ0) is 27.5. The summed E-state index contributed by atoms with van der Waals surface area (Å²) in [6, 6.07) is -0.611. The first-order valence-corrected chi connectivity index (χ1v) is 12.8. The van der Waals surface area contributed by atoms with E-state index < -0.39 is 30.3 Å². The quantitative estimate of drug-likeness (QED) is 0.302. The Morgan fingerprint density at radius 3 is 2.44 bits per heavy atom. The lowest BCUT2D eigenvalue weighted by atomic mass is 9.93. The molecule has 0 radical (unpaired) electrons. The van der Waals surface area contributed by atoms with Gasteiger partial charge in [0.25, 0.3) is 0 Å². The summed E-state index contributed by atoms with van der Waals surface area (Å²) in [5.41, 5.74) is -0.617. The Kier molecular flexibility index (Phi) is 12.7. The molecule has 3 N–H and O–H groups in total. The summed E-state index contributed by atoms with van der Waals surface area (Å²) >= 11 is 0. The van der Waals surface area contributed by atoms with Crippen LogP contribution in [0.4, 0.5) is 4.79 Å². The van der Waals surface area contributed by atoms with Crippen molar-refractivity contribution >= 4 is 18.0 Å². The van der Waals surface area contributed by atoms with Gasteiger partial charge in [-0.2, -0.15) is 0 Å². The molecule has 0 aromatic heterocycles. The van der Waals surface area contributed by atoms with E-state index in [0.717, 1.165) is 19.3 Å². The van der Waals surface area contributed by atoms with Crippen molar-refractivity contribution in [2.45, 2.75) is 104 Å². The lowest BCUT2D eigenvalue weighted by molar-refractivity contribution is -0.141. The molecule has 1 rings (SSSR count). The molecule has 1 heterocycles. The molecular weight excluding hydrogens is 468 g/mol. The van der Waals surface area contributed by atoms with Crippen molar-refractivity contribution in [2.75, 3.05) is 26.3 Å². The van der Waals surface area contributed by atoms with Gasteiger partial charge < -0.3 is 34.6 Å². The minimum atomic E-state index is -1.26. The van der Waals surface area contributed by atoms with Gasteiger partial charge >= 0.3 is 12.1 Å². The Morgan fingerprint density at radius 2 is 1.92 bits per heavy atom. The standard InChI is InChI=1S/C26H46N2O8/c1-8-10-14-26(6,7)34-17-25(4,5)16-28(9-2)24(33)36-20(13-15-29)22-19(27-18(3)30)11-12-21(35-22)23(31)32/h12,19-20,22,29H,8-11,13-17H2,1-7H3,(H,27,30)(H,31,32)/t19-,20-,22-/m1/s1. The van der Waals surface area contributed by atoms with E-state index in [1.165, 1.54) is 13.0 Å². The van der Waals surface area contributed by atoms with Crippen LogP contribution in [0.15, 0.2) is 11.8 Å². The number of carbonyl (C=O) groups is 3. The predicted octanol–water partition coefficient (Wildman–Crippen LogP) is 3.47. The SMILES string of the molecule is CCCCC(C)(C)OCC(C)(C)CN(CC)C(=O)O[C@H](CCO)[C@@H]1OC(C(=O)O)=CC[C@H]1NC(C)=O. The maximum atomic E-state index is 13.2. The topological polar surface area (TPSA) is 135 Å². The highest BCUT2D eigenvalue weighted by Gasteiger charge is 2.39. The first-order valence-electron chi connectivity index (χ1n) is 12.8. The molecule has 3 atom stereocenters. The van der Waals surface area contributed by atoms with Crippen molar-refractivity contribution in [3.63, 3.8) is 0 Å². The highest BCUT2D eigenvalue weighted by molar-refractivity contribution is 5.84. The van der Waals surface area contributed by atoms with Gasteiger partial charge in [0.2, 0.25) is 11.7 Å². The molecule has 0 aliphatic carbocycles. The number of aliphatic hydroxyl groups excluding tert-OH is 1. The number of aliphatic hydroxyl groups is 1. The molecule has 0 saturated carbocycles. The Bertz CT molecular complexity index is 765. The molecule has 10 nitrogen and oxygen atoms in total. The maximum Gasteiger partial charge on any atom is 0.410 e. The molecule has 2 amide bonds. The molecule has 0 aromatic carbocycles. The number of aliphatic carboxylic acids is 1. The Balaban J connectivity index is 2.95. The highest BCUT2D eigenvalue weighted by atomic mass is 16.6. The number of nitrogens with one attached hydrogen (secondary N) is 1. The summed E-state index contributed by atoms with van der Waals surface area (Å²) in [7, 11) is 0. The van der Waals surface area contributed by atoms with Crippen LogP contribution < -0.4 is 5.32 Å². The molecule has 1 aliphatic heterocycles. The number of hydrogen-bond donors (Lipinski definition) is 3. The van der Waals surface area contributed by atoms with Crippen LogP contribution in [0.25, 0.3) is 0 Å². The van der Waals surface area contributed by atoms with Crippen LogP contribution in [-0.4, -0.2) is 83.2 Å². The third-order valence-electron chi connectivity index (χ3n) is 6.09. The van der Waals surface area contributed by atoms with Crippen LogP contribution in [0, 0.1) is 5.41 Å². The number of unbranched alkanes of at least 4 members (excludes halogenated alkanes) is 1. The van der Waals surface area contributed by atoms with E-state index in [0.29, 0.717) is 19.7 Å². The smallest absolute Gasteiger partial charge is 0.410 e. The predicted molar refractivity (Wildman–Crippen MR) is 135 cm³/mol. The van der Waals surface area contributed by atoms with E-state index in [2.05, 4.69) is 26.1 Å². The first kappa shape index (κ1) is 31.7. The van der Waals surface area contributed by atoms with E-state index in [1.54, 1.807) is 4.90 Å². The van der Waals surface area contributed by atoms with Gasteiger partial charge in [-0.25, -0.2) is 9.59 Å². The van der Waals surface area contributed by atoms with E-state index in [4.69, 9.17) is 14.2 Å². The van der Waals surface area contributed by atoms with Crippen LogP contribution in [0.2, 0.25) is 0 Å². The zero-order valence-electron chi connectivity index (χ0n) is 23.0. The van der Waals surface area contributed by atoms with Gasteiger partial charge in [0.05, 0.1) is 18.2 Å². The van der Waals surface area contributed by atoms with Gasteiger partial charge in [-0.3, -0.25) is 4.79 Å². The third kappa shape index (κ3) is 10.7. The summed E-state index contributed by atoms with van der Waals surface area (Å²) < 4.78 is 17.6. The van der Waals surface area contributed by atoms with E-state index in [1.807, 2.05) is 20.8 Å². The van der Waals surface area contributed by atoms with Crippen molar-refractivity contribution in [3.05, 3.63) is 11.8 Å². The first-order chi connectivity index (χ1) is 16.7. The summed E-state index contributed by atoms with van der Waals surface area (Å²) in [5, 5.41) is 21.7. The van der Waals surface area contributed by atoms with Crippen molar-refractivity contribution in [3.8, 4) is 0 Å². The van der Waals surface area contributed by atoms with Gasteiger partial charge in [-0.05, 0) is 39.7 Å². The summed E-state index contributed by atoms with van der Waals surface area (Å²) in [6.07, 6.45) is 2.18. The largest absolute Gasteiger partial charge is 0.477 e. The van der Waals surface area contributed by atoms with Gasteiger partial charge in [-0.1, -0.05) is 33.6 Å². The minimum Gasteiger partial charge on any atom is -0.477 e. The van der Waals surface area contributed by atoms with Crippen molar-refractivity contribution < 1.29 is 38.8 Å². The fourth-order valence-electron chi connectivity index (χ4n) is 4.07. The van der Waals surface area contributed by atoms with Crippen LogP contribution >= 0.6 is 0 Å². The highest BCUT2D eigenvalue weighted by Crippen LogP contribution is 2.27. The number of rotatable bonds is 15. The molecule has 10 heteroatoms. The fraction of sp³-hybridized carbons (Fsp3) is 0.808. The van der Waals surface area contributed by atoms with E-state index in [9.17, 15) is 24.6 Å². The lowest BCUT2D eigenvalue weighted by Crippen LogP contribution is -2.53. The summed E-state index contributed by atoms with van der Waals surface area (Å²) in [6.45, 7) is 14.4. The Hall–Kier alpha value is -2.33. The molecule has 0 saturated heterocycles. The molecular formula is C26H46N2O8. The van der Waals surface area contributed by atoms with Crippen molar-refractivity contribution in [2.24, 2.45) is 5.41 Å². The van der Waals surface area contributed by atoms with E-state index >= 15 is 0 Å². The number of nitrogens with zero attached hydrogens (tertiary/aromatic N) is 1. The molecule has 0 unspecified atom stereocenters.